The molecule has 0 amide bonds. The average Bonchev–Trinajstić information content (AvgIpc) is 2.63. The van der Waals surface area contributed by atoms with Gasteiger partial charge < -0.3 is 5.32 Å². The van der Waals surface area contributed by atoms with Crippen LogP contribution in [0.15, 0.2) is 0 Å². The van der Waals surface area contributed by atoms with Crippen LogP contribution >= 0.6 is 11.6 Å². The molecule has 0 saturated carbocycles. The molecular weight excluding hydrogens is 282 g/mol. The van der Waals surface area contributed by atoms with Gasteiger partial charge in [-0.05, 0) is 45.1 Å². The van der Waals surface area contributed by atoms with Crippen molar-refractivity contribution >= 4 is 11.6 Å². The number of likely N-dealkylation sites (N-methyl/N-ethyl adjacent to an activating group) is 1. The van der Waals surface area contributed by atoms with E-state index >= 15 is 0 Å². The highest BCUT2D eigenvalue weighted by Gasteiger charge is 2.21. The molecule has 0 saturated heterocycles. The maximum Gasteiger partial charge on any atom is 0.0847 e. The SMILES string of the molecule is CCn1nc(C)c(Cl)c1CC(CC(C)CC(C)(C)C)NC. The summed E-state index contributed by atoms with van der Waals surface area (Å²) in [4.78, 5) is 0. The molecule has 1 heterocycles. The summed E-state index contributed by atoms with van der Waals surface area (Å²) in [6, 6.07) is 0.446. The van der Waals surface area contributed by atoms with Crippen molar-refractivity contribution in [2.45, 2.75) is 73.4 Å². The minimum atomic E-state index is 0.386. The van der Waals surface area contributed by atoms with E-state index in [1.165, 1.54) is 12.1 Å². The summed E-state index contributed by atoms with van der Waals surface area (Å²) in [6.07, 6.45) is 3.35. The minimum absolute atomic E-state index is 0.386. The molecule has 2 unspecified atom stereocenters. The second kappa shape index (κ2) is 7.64. The summed E-state index contributed by atoms with van der Waals surface area (Å²) in [5.41, 5.74) is 2.49. The molecule has 3 nitrogen and oxygen atoms in total. The van der Waals surface area contributed by atoms with E-state index < -0.39 is 0 Å². The Kier molecular flexibility index (Phi) is 6.73. The Morgan fingerprint density at radius 2 is 1.95 bits per heavy atom. The second-order valence-electron chi connectivity index (χ2n) is 7.46. The van der Waals surface area contributed by atoms with E-state index in [0.717, 1.165) is 30.1 Å². The molecule has 0 aliphatic rings. The number of nitrogens with zero attached hydrogens (tertiary/aromatic N) is 2. The first-order valence-corrected chi connectivity index (χ1v) is 8.44. The molecule has 0 spiro atoms. The fourth-order valence-corrected chi connectivity index (χ4v) is 3.43. The van der Waals surface area contributed by atoms with Crippen LogP contribution in [0.1, 0.15) is 58.8 Å². The third-order valence-electron chi connectivity index (χ3n) is 3.95. The summed E-state index contributed by atoms with van der Waals surface area (Å²) in [5.74, 6) is 0.695. The predicted molar refractivity (Wildman–Crippen MR) is 92.1 cm³/mol. The molecule has 0 fully saturated rings. The van der Waals surface area contributed by atoms with Crippen LogP contribution < -0.4 is 5.32 Å². The van der Waals surface area contributed by atoms with Crippen LogP contribution in [0.2, 0.25) is 5.02 Å². The van der Waals surface area contributed by atoms with E-state index in [-0.39, 0.29) is 0 Å². The van der Waals surface area contributed by atoms with Gasteiger partial charge in [-0.15, -0.1) is 0 Å². The summed E-state index contributed by atoms with van der Waals surface area (Å²) >= 11 is 6.43. The van der Waals surface area contributed by atoms with Gasteiger partial charge in [0.1, 0.15) is 0 Å². The third-order valence-corrected chi connectivity index (χ3v) is 4.44. The molecule has 1 rings (SSSR count). The van der Waals surface area contributed by atoms with Gasteiger partial charge in [-0.1, -0.05) is 39.3 Å². The number of halogens is 1. The Labute approximate surface area is 135 Å². The van der Waals surface area contributed by atoms with Crippen LogP contribution in [0.4, 0.5) is 0 Å². The van der Waals surface area contributed by atoms with E-state index in [2.05, 4.69) is 45.0 Å². The Hall–Kier alpha value is -0.540. The molecule has 0 aromatic carbocycles. The zero-order chi connectivity index (χ0) is 16.2. The minimum Gasteiger partial charge on any atom is -0.317 e. The molecule has 0 bridgehead atoms. The fraction of sp³-hybridized carbons (Fsp3) is 0.824. The second-order valence-corrected chi connectivity index (χ2v) is 7.84. The van der Waals surface area contributed by atoms with Gasteiger partial charge in [-0.2, -0.15) is 5.10 Å². The normalized spacial score (nSPS) is 15.2. The Bertz CT molecular complexity index is 446. The van der Waals surface area contributed by atoms with Crippen LogP contribution in [0.3, 0.4) is 0 Å². The highest BCUT2D eigenvalue weighted by atomic mass is 35.5. The van der Waals surface area contributed by atoms with Crippen molar-refractivity contribution < 1.29 is 0 Å². The Balaban J connectivity index is 2.74. The standard InChI is InChI=1S/C17H32ClN3/c1-8-21-15(16(18)13(3)20-21)10-14(19-7)9-12(2)11-17(4,5)6/h12,14,19H,8-11H2,1-7H3. The highest BCUT2D eigenvalue weighted by Crippen LogP contribution is 2.28. The first-order valence-electron chi connectivity index (χ1n) is 8.07. The maximum absolute atomic E-state index is 6.43. The van der Waals surface area contributed by atoms with E-state index in [0.29, 0.717) is 17.4 Å². The zero-order valence-electron chi connectivity index (χ0n) is 14.8. The summed E-state index contributed by atoms with van der Waals surface area (Å²) < 4.78 is 2.04. The summed E-state index contributed by atoms with van der Waals surface area (Å²) in [6.45, 7) is 14.2. The molecule has 122 valence electrons. The molecular formula is C17H32ClN3. The lowest BCUT2D eigenvalue weighted by Gasteiger charge is -2.26. The molecule has 1 aromatic heterocycles. The quantitative estimate of drug-likeness (QED) is 0.805. The van der Waals surface area contributed by atoms with Gasteiger partial charge in [-0.25, -0.2) is 0 Å². The van der Waals surface area contributed by atoms with Crippen molar-refractivity contribution in [1.29, 1.82) is 0 Å². The lowest BCUT2D eigenvalue weighted by molar-refractivity contribution is 0.276. The van der Waals surface area contributed by atoms with Gasteiger partial charge in [-0.3, -0.25) is 4.68 Å². The van der Waals surface area contributed by atoms with Gasteiger partial charge in [0.05, 0.1) is 16.4 Å². The average molecular weight is 314 g/mol. The Morgan fingerprint density at radius 3 is 2.43 bits per heavy atom. The molecule has 1 N–H and O–H groups in total. The molecule has 0 radical (unpaired) electrons. The maximum atomic E-state index is 6.43. The van der Waals surface area contributed by atoms with Crippen molar-refractivity contribution in [1.82, 2.24) is 15.1 Å². The van der Waals surface area contributed by atoms with Crippen molar-refractivity contribution in [2.24, 2.45) is 11.3 Å². The van der Waals surface area contributed by atoms with Crippen molar-refractivity contribution in [2.75, 3.05) is 7.05 Å². The number of hydrogen-bond donors (Lipinski definition) is 1. The lowest BCUT2D eigenvalue weighted by atomic mass is 9.82. The number of aromatic nitrogens is 2. The smallest absolute Gasteiger partial charge is 0.0847 e. The first kappa shape index (κ1) is 18.5. The van der Waals surface area contributed by atoms with Gasteiger partial charge in [0.15, 0.2) is 0 Å². The van der Waals surface area contributed by atoms with Crippen molar-refractivity contribution in [3.63, 3.8) is 0 Å². The topological polar surface area (TPSA) is 29.9 Å². The van der Waals surface area contributed by atoms with Crippen LogP contribution in [0.25, 0.3) is 0 Å². The van der Waals surface area contributed by atoms with Gasteiger partial charge in [0, 0.05) is 19.0 Å². The van der Waals surface area contributed by atoms with Crippen LogP contribution in [-0.4, -0.2) is 22.9 Å². The van der Waals surface area contributed by atoms with Gasteiger partial charge >= 0.3 is 0 Å². The fourth-order valence-electron chi connectivity index (χ4n) is 3.22. The number of nitrogens with one attached hydrogen (secondary N) is 1. The summed E-state index contributed by atoms with van der Waals surface area (Å²) in [7, 11) is 2.04. The largest absolute Gasteiger partial charge is 0.317 e. The van der Waals surface area contributed by atoms with Gasteiger partial charge in [0.25, 0.3) is 0 Å². The van der Waals surface area contributed by atoms with E-state index in [1.54, 1.807) is 0 Å². The van der Waals surface area contributed by atoms with Gasteiger partial charge in [0.2, 0.25) is 0 Å². The number of aryl methyl sites for hydroxylation is 2. The molecule has 21 heavy (non-hydrogen) atoms. The van der Waals surface area contributed by atoms with E-state index in [1.807, 2.05) is 18.7 Å². The number of hydrogen-bond acceptors (Lipinski definition) is 2. The van der Waals surface area contributed by atoms with Crippen molar-refractivity contribution in [3.8, 4) is 0 Å². The zero-order valence-corrected chi connectivity index (χ0v) is 15.5. The molecule has 2 atom stereocenters. The highest BCUT2D eigenvalue weighted by molar-refractivity contribution is 6.31. The van der Waals surface area contributed by atoms with Crippen molar-refractivity contribution in [3.05, 3.63) is 16.4 Å². The molecule has 0 aliphatic heterocycles. The first-order chi connectivity index (χ1) is 9.67. The van der Waals surface area contributed by atoms with E-state index in [4.69, 9.17) is 11.6 Å². The van der Waals surface area contributed by atoms with Crippen LogP contribution in [0.5, 0.6) is 0 Å². The van der Waals surface area contributed by atoms with E-state index in [9.17, 15) is 0 Å². The monoisotopic (exact) mass is 313 g/mol. The van der Waals surface area contributed by atoms with Crippen LogP contribution in [-0.2, 0) is 13.0 Å². The Morgan fingerprint density at radius 1 is 1.33 bits per heavy atom. The third kappa shape index (κ3) is 5.63. The van der Waals surface area contributed by atoms with Crippen LogP contribution in [0, 0.1) is 18.3 Å². The molecule has 0 aliphatic carbocycles. The predicted octanol–water partition coefficient (Wildman–Crippen LogP) is 4.46. The number of rotatable bonds is 7. The summed E-state index contributed by atoms with van der Waals surface area (Å²) in [5, 5.41) is 8.80. The molecule has 4 heteroatoms. The molecule has 1 aromatic rings. The lowest BCUT2D eigenvalue weighted by Crippen LogP contribution is -2.31.